The molecule has 0 saturated heterocycles. The van der Waals surface area contributed by atoms with Crippen LogP contribution >= 0.6 is 0 Å². The summed E-state index contributed by atoms with van der Waals surface area (Å²) in [5.41, 5.74) is 25.6. The van der Waals surface area contributed by atoms with Crippen molar-refractivity contribution in [3.63, 3.8) is 0 Å². The van der Waals surface area contributed by atoms with Crippen LogP contribution in [0.15, 0.2) is 47.5 Å². The molecule has 3 rings (SSSR count). The third-order valence-corrected chi connectivity index (χ3v) is 18.2. The second-order valence-corrected chi connectivity index (χ2v) is 25.8. The maximum absolute atomic E-state index is 12.5. The molecule has 0 bridgehead atoms. The van der Waals surface area contributed by atoms with Gasteiger partial charge in [0.05, 0.1) is 0 Å². The van der Waals surface area contributed by atoms with Crippen molar-refractivity contribution in [3.05, 3.63) is 86.5 Å². The zero-order valence-corrected chi connectivity index (χ0v) is 54.7. The zero-order valence-electron chi connectivity index (χ0n) is 53.7. The van der Waals surface area contributed by atoms with Gasteiger partial charge in [0.25, 0.3) is 0 Å². The Morgan fingerprint density at radius 1 is 0.269 bits per heavy atom. The molecule has 0 radical (unpaired) electrons. The fourth-order valence-corrected chi connectivity index (χ4v) is 13.2. The van der Waals surface area contributed by atoms with Gasteiger partial charge >= 0.3 is 166 Å². The SMILES string of the molecule is CCCCCCCCCCCC[CH2][Ni][CH2]CCCCCCCCCCCC.CCCCCCCCc1cc(CCCCC)cc(C2=C(CC)C(CCCCC)=C(c3cc(CCCCC)cc(CCCCCCCC)c3)[N+]2=[N-])c1. The summed E-state index contributed by atoms with van der Waals surface area (Å²) in [5, 5.41) is 2.86. The third-order valence-electron chi connectivity index (χ3n) is 16.8. The number of benzene rings is 2. The number of allylic oxidation sites excluding steroid dienone is 2. The van der Waals surface area contributed by atoms with Gasteiger partial charge in [0.15, 0.2) is 0 Å². The second kappa shape index (κ2) is 51.9. The van der Waals surface area contributed by atoms with Crippen LogP contribution in [-0.4, -0.2) is 4.70 Å². The molecule has 0 fully saturated rings. The van der Waals surface area contributed by atoms with E-state index in [0.717, 1.165) is 49.9 Å². The van der Waals surface area contributed by atoms with Gasteiger partial charge in [-0.3, -0.25) is 0 Å². The zero-order chi connectivity index (χ0) is 56.4. The van der Waals surface area contributed by atoms with Crippen molar-refractivity contribution in [2.45, 2.75) is 381 Å². The molecule has 0 N–H and O–H groups in total. The second-order valence-electron chi connectivity index (χ2n) is 24.3. The van der Waals surface area contributed by atoms with Crippen molar-refractivity contribution < 1.29 is 19.1 Å². The first kappa shape index (κ1) is 72.1. The van der Waals surface area contributed by atoms with Crippen LogP contribution in [0.5, 0.6) is 0 Å². The van der Waals surface area contributed by atoms with Gasteiger partial charge in [-0.05, 0) is 117 Å². The number of aryl methyl sites for hydroxylation is 4. The Morgan fingerprint density at radius 3 is 0.795 bits per heavy atom. The van der Waals surface area contributed by atoms with E-state index in [1.54, 1.807) is 4.70 Å². The summed E-state index contributed by atoms with van der Waals surface area (Å²) in [6.45, 7) is 18.4. The van der Waals surface area contributed by atoms with Crippen molar-refractivity contribution in [2.75, 3.05) is 0 Å². The molecule has 452 valence electrons. The molecule has 0 amide bonds. The quantitative estimate of drug-likeness (QED) is 0.0358. The van der Waals surface area contributed by atoms with E-state index in [2.05, 4.69) is 91.8 Å². The number of rotatable bonds is 53. The summed E-state index contributed by atoms with van der Waals surface area (Å²) in [6.07, 6.45) is 65.7. The molecule has 1 heterocycles. The van der Waals surface area contributed by atoms with Gasteiger partial charge in [0.1, 0.15) is 0 Å². The maximum atomic E-state index is 12.5. The fourth-order valence-electron chi connectivity index (χ4n) is 11.9. The van der Waals surface area contributed by atoms with Crippen LogP contribution in [0.1, 0.15) is 378 Å². The molecule has 0 unspecified atom stereocenters. The molecule has 2 aromatic rings. The molecular formula is C75H132N2Ni. The normalized spacial score (nSPS) is 12.7. The number of hydrogen-bond acceptors (Lipinski definition) is 0. The van der Waals surface area contributed by atoms with E-state index in [9.17, 15) is 5.53 Å². The van der Waals surface area contributed by atoms with E-state index in [4.69, 9.17) is 0 Å². The summed E-state index contributed by atoms with van der Waals surface area (Å²) < 4.78 is 1.65. The van der Waals surface area contributed by atoms with E-state index < -0.39 is 0 Å². The molecule has 78 heavy (non-hydrogen) atoms. The molecule has 0 aromatic heterocycles. The van der Waals surface area contributed by atoms with E-state index in [-0.39, 0.29) is 0 Å². The van der Waals surface area contributed by atoms with Crippen LogP contribution < -0.4 is 0 Å². The fraction of sp³-hybridized carbons (Fsp3) is 0.787. The van der Waals surface area contributed by atoms with E-state index in [1.165, 1.54) is 331 Å². The number of nitrogens with zero attached hydrogens (tertiary/aromatic N) is 2. The van der Waals surface area contributed by atoms with Crippen LogP contribution in [0.2, 0.25) is 10.8 Å². The molecule has 0 spiro atoms. The van der Waals surface area contributed by atoms with Crippen LogP contribution in [0, 0.1) is 0 Å². The van der Waals surface area contributed by atoms with Crippen LogP contribution in [-0.2, 0) is 40.1 Å². The van der Waals surface area contributed by atoms with E-state index in [1.807, 2.05) is 14.4 Å². The topological polar surface area (TPSA) is 25.3 Å². The van der Waals surface area contributed by atoms with E-state index in [0.29, 0.717) is 0 Å². The Balaban J connectivity index is 0.000000651. The van der Waals surface area contributed by atoms with Gasteiger partial charge in [-0.1, -0.05) is 170 Å². The van der Waals surface area contributed by atoms with Gasteiger partial charge in [0, 0.05) is 22.3 Å². The summed E-state index contributed by atoms with van der Waals surface area (Å²) in [7, 11) is 0. The van der Waals surface area contributed by atoms with Crippen molar-refractivity contribution in [1.29, 1.82) is 0 Å². The summed E-state index contributed by atoms with van der Waals surface area (Å²) in [6, 6.07) is 14.7. The van der Waals surface area contributed by atoms with E-state index >= 15 is 0 Å². The van der Waals surface area contributed by atoms with Crippen molar-refractivity contribution in [1.82, 2.24) is 0 Å². The number of unbranched alkanes of at least 4 members (excludes halogenated alkanes) is 36. The van der Waals surface area contributed by atoms with Crippen LogP contribution in [0.4, 0.5) is 0 Å². The summed E-state index contributed by atoms with van der Waals surface area (Å²) in [5.74, 6) is 0. The monoisotopic (exact) mass is 1120 g/mol. The molecule has 0 saturated carbocycles. The van der Waals surface area contributed by atoms with Crippen molar-refractivity contribution >= 4 is 11.4 Å². The molecule has 2 aromatic carbocycles. The van der Waals surface area contributed by atoms with Crippen molar-refractivity contribution in [3.8, 4) is 0 Å². The Bertz CT molecular complexity index is 1760. The van der Waals surface area contributed by atoms with Gasteiger partial charge in [0.2, 0.25) is 11.4 Å². The molecule has 1 aliphatic heterocycles. The summed E-state index contributed by atoms with van der Waals surface area (Å²) >= 11 is 2.03. The van der Waals surface area contributed by atoms with Gasteiger partial charge in [-0.25, -0.2) is 4.70 Å². The third kappa shape index (κ3) is 34.5. The van der Waals surface area contributed by atoms with Gasteiger partial charge < -0.3 is 5.53 Å². The Kier molecular flexibility index (Phi) is 48.0. The Hall–Kier alpha value is -1.99. The van der Waals surface area contributed by atoms with Crippen molar-refractivity contribution in [2.24, 2.45) is 0 Å². The van der Waals surface area contributed by atoms with Gasteiger partial charge in [-0.2, -0.15) is 0 Å². The minimum atomic E-state index is 0.935. The first-order valence-corrected chi connectivity index (χ1v) is 36.5. The number of hydrogen-bond donors (Lipinski definition) is 0. The average Bonchev–Trinajstić information content (AvgIpc) is 3.82. The molecule has 0 aliphatic carbocycles. The Morgan fingerprint density at radius 2 is 0.500 bits per heavy atom. The molecule has 1 aliphatic rings. The average molecular weight is 1120 g/mol. The first-order chi connectivity index (χ1) is 38.4. The molecule has 3 heteroatoms. The predicted molar refractivity (Wildman–Crippen MR) is 348 cm³/mol. The Labute approximate surface area is 494 Å². The minimum absolute atomic E-state index is 0.935. The van der Waals surface area contributed by atoms with Gasteiger partial charge in [-0.15, -0.1) is 0 Å². The van der Waals surface area contributed by atoms with Crippen LogP contribution in [0.25, 0.3) is 16.9 Å². The minimum Gasteiger partial charge on any atom is -0.493 e. The molecule has 2 nitrogen and oxygen atoms in total. The first-order valence-electron chi connectivity index (χ1n) is 35.1. The van der Waals surface area contributed by atoms with Crippen LogP contribution in [0.3, 0.4) is 0 Å². The molecular weight excluding hydrogens is 988 g/mol. The summed E-state index contributed by atoms with van der Waals surface area (Å²) in [4.78, 5) is 0. The standard InChI is InChI=1S/C49H78N2.2C13H27.Ni/c1-7-13-18-20-22-27-31-42-34-40(29-24-15-9-3)36-44(37-42)48-46(12-6)47(33-26-17-11-5)49(51(48)50)45-38-41(30-25-16-10-4)35-43(39-45)32-28-23-21-19-14-8-2;2*1-3-5-7-9-11-13-12-10-8-6-4-2;/h34-39H,7-33H2,1-6H3;2*1,3-13H2,2H3;. The predicted octanol–water partition coefficient (Wildman–Crippen LogP) is 26.6. The smallest absolute Gasteiger partial charge is 0.493 e. The molecule has 0 atom stereocenters.